The first-order chi connectivity index (χ1) is 8.34. The number of benzene rings is 1. The van der Waals surface area contributed by atoms with E-state index < -0.39 is 0 Å². The molecule has 3 nitrogen and oxygen atoms in total. The first kappa shape index (κ1) is 11.6. The predicted octanol–water partition coefficient (Wildman–Crippen LogP) is 2.03. The van der Waals surface area contributed by atoms with Crippen molar-refractivity contribution in [2.45, 2.75) is 12.5 Å². The average Bonchev–Trinajstić information content (AvgIpc) is 2.39. The molecule has 0 aliphatic carbocycles. The molecule has 0 fully saturated rings. The molecule has 0 saturated carbocycles. The van der Waals surface area contributed by atoms with Crippen molar-refractivity contribution in [2.75, 3.05) is 6.61 Å². The summed E-state index contributed by atoms with van der Waals surface area (Å²) in [5, 5.41) is 0. The summed E-state index contributed by atoms with van der Waals surface area (Å²) in [5.74, 6) is 0.851. The van der Waals surface area contributed by atoms with Crippen molar-refractivity contribution in [3.05, 3.63) is 60.4 Å². The van der Waals surface area contributed by atoms with Gasteiger partial charge in [0.1, 0.15) is 12.4 Å². The number of aromatic nitrogens is 1. The van der Waals surface area contributed by atoms with Crippen LogP contribution in [0.3, 0.4) is 0 Å². The topological polar surface area (TPSA) is 48.1 Å². The lowest BCUT2D eigenvalue weighted by Gasteiger charge is -2.12. The van der Waals surface area contributed by atoms with Crippen LogP contribution in [-0.4, -0.2) is 17.6 Å². The number of hydrogen-bond donors (Lipinski definition) is 1. The Morgan fingerprint density at radius 3 is 2.53 bits per heavy atom. The van der Waals surface area contributed by atoms with Crippen LogP contribution in [0.25, 0.3) is 0 Å². The molecule has 0 spiro atoms. The fourth-order valence-corrected chi connectivity index (χ4v) is 1.57. The van der Waals surface area contributed by atoms with Crippen LogP contribution in [0.15, 0.2) is 54.7 Å². The third kappa shape index (κ3) is 3.89. The molecule has 0 bridgehead atoms. The summed E-state index contributed by atoms with van der Waals surface area (Å²) in [6, 6.07) is 15.5. The quantitative estimate of drug-likeness (QED) is 0.851. The van der Waals surface area contributed by atoms with Crippen LogP contribution in [0.2, 0.25) is 0 Å². The van der Waals surface area contributed by atoms with E-state index >= 15 is 0 Å². The highest BCUT2D eigenvalue weighted by Crippen LogP contribution is 2.08. The van der Waals surface area contributed by atoms with Gasteiger partial charge in [-0.05, 0) is 24.3 Å². The smallest absolute Gasteiger partial charge is 0.119 e. The molecule has 17 heavy (non-hydrogen) atoms. The summed E-state index contributed by atoms with van der Waals surface area (Å²) >= 11 is 0. The van der Waals surface area contributed by atoms with Gasteiger partial charge >= 0.3 is 0 Å². The van der Waals surface area contributed by atoms with E-state index in [9.17, 15) is 0 Å². The van der Waals surface area contributed by atoms with Crippen molar-refractivity contribution in [3.8, 4) is 5.75 Å². The molecule has 3 heteroatoms. The molecule has 0 amide bonds. The predicted molar refractivity (Wildman–Crippen MR) is 67.9 cm³/mol. The van der Waals surface area contributed by atoms with E-state index in [1.807, 2.05) is 48.5 Å². The summed E-state index contributed by atoms with van der Waals surface area (Å²) in [7, 11) is 0. The second-order valence-electron chi connectivity index (χ2n) is 3.91. The zero-order valence-electron chi connectivity index (χ0n) is 9.62. The normalized spacial score (nSPS) is 12.1. The van der Waals surface area contributed by atoms with Gasteiger partial charge in [0, 0.05) is 24.4 Å². The molecular weight excluding hydrogens is 212 g/mol. The lowest BCUT2D eigenvalue weighted by molar-refractivity contribution is 0.287. The molecule has 0 radical (unpaired) electrons. The minimum absolute atomic E-state index is 0.0369. The minimum Gasteiger partial charge on any atom is -0.492 e. The summed E-state index contributed by atoms with van der Waals surface area (Å²) in [6.07, 6.45) is 2.51. The maximum atomic E-state index is 5.99. The maximum absolute atomic E-state index is 5.99. The zero-order valence-corrected chi connectivity index (χ0v) is 9.62. The Kier molecular flexibility index (Phi) is 4.11. The van der Waals surface area contributed by atoms with Gasteiger partial charge in [-0.2, -0.15) is 0 Å². The highest BCUT2D eigenvalue weighted by Gasteiger charge is 2.05. The molecule has 1 aromatic carbocycles. The van der Waals surface area contributed by atoms with Crippen LogP contribution < -0.4 is 10.5 Å². The number of hydrogen-bond acceptors (Lipinski definition) is 3. The van der Waals surface area contributed by atoms with Crippen molar-refractivity contribution < 1.29 is 4.74 Å². The van der Waals surface area contributed by atoms with E-state index in [1.165, 1.54) is 0 Å². The first-order valence-electron chi connectivity index (χ1n) is 5.68. The summed E-state index contributed by atoms with van der Waals surface area (Å²) in [6.45, 7) is 0.501. The van der Waals surface area contributed by atoms with Gasteiger partial charge in [0.2, 0.25) is 0 Å². The van der Waals surface area contributed by atoms with Crippen LogP contribution >= 0.6 is 0 Å². The minimum atomic E-state index is -0.0369. The number of nitrogens with two attached hydrogens (primary N) is 1. The van der Waals surface area contributed by atoms with Gasteiger partial charge in [0.15, 0.2) is 0 Å². The van der Waals surface area contributed by atoms with Crippen LogP contribution in [-0.2, 0) is 6.42 Å². The third-order valence-electron chi connectivity index (χ3n) is 2.40. The number of nitrogens with zero attached hydrogens (tertiary/aromatic N) is 1. The van der Waals surface area contributed by atoms with Crippen molar-refractivity contribution in [2.24, 2.45) is 5.73 Å². The maximum Gasteiger partial charge on any atom is 0.119 e. The monoisotopic (exact) mass is 228 g/mol. The van der Waals surface area contributed by atoms with Crippen molar-refractivity contribution in [3.63, 3.8) is 0 Å². The molecule has 0 aliphatic heterocycles. The van der Waals surface area contributed by atoms with Crippen molar-refractivity contribution in [1.29, 1.82) is 0 Å². The Balaban J connectivity index is 1.80. The van der Waals surface area contributed by atoms with E-state index in [4.69, 9.17) is 10.5 Å². The fraction of sp³-hybridized carbons (Fsp3) is 0.214. The van der Waals surface area contributed by atoms with Crippen LogP contribution in [0.5, 0.6) is 5.75 Å². The molecule has 2 N–H and O–H groups in total. The molecule has 2 rings (SSSR count). The van der Waals surface area contributed by atoms with E-state index in [1.54, 1.807) is 6.20 Å². The van der Waals surface area contributed by atoms with Gasteiger partial charge in [-0.25, -0.2) is 0 Å². The molecule has 1 aromatic heterocycles. The average molecular weight is 228 g/mol. The Hall–Kier alpha value is -1.87. The molecule has 0 aliphatic rings. The summed E-state index contributed by atoms with van der Waals surface area (Å²) in [4.78, 5) is 4.24. The van der Waals surface area contributed by atoms with Crippen molar-refractivity contribution in [1.82, 2.24) is 4.98 Å². The third-order valence-corrected chi connectivity index (χ3v) is 2.40. The Labute approximate surface area is 101 Å². The van der Waals surface area contributed by atoms with E-state index in [2.05, 4.69) is 4.98 Å². The van der Waals surface area contributed by atoms with E-state index in [-0.39, 0.29) is 6.04 Å². The number of para-hydroxylation sites is 1. The van der Waals surface area contributed by atoms with Gasteiger partial charge in [0.25, 0.3) is 0 Å². The van der Waals surface area contributed by atoms with E-state index in [0.29, 0.717) is 6.61 Å². The Bertz CT molecular complexity index is 430. The number of ether oxygens (including phenoxy) is 1. The molecular formula is C14H16N2O. The van der Waals surface area contributed by atoms with Gasteiger partial charge in [-0.15, -0.1) is 0 Å². The molecule has 2 aromatic rings. The van der Waals surface area contributed by atoms with Crippen molar-refractivity contribution >= 4 is 0 Å². The molecule has 0 saturated heterocycles. The van der Waals surface area contributed by atoms with Gasteiger partial charge in [0.05, 0.1) is 0 Å². The number of rotatable bonds is 5. The zero-order chi connectivity index (χ0) is 11.9. The molecule has 1 unspecified atom stereocenters. The van der Waals surface area contributed by atoms with Crippen LogP contribution in [0.4, 0.5) is 0 Å². The van der Waals surface area contributed by atoms with E-state index in [0.717, 1.165) is 17.9 Å². The van der Waals surface area contributed by atoms with Gasteiger partial charge in [-0.3, -0.25) is 4.98 Å². The highest BCUT2D eigenvalue weighted by atomic mass is 16.5. The Morgan fingerprint density at radius 2 is 1.82 bits per heavy atom. The molecule has 1 atom stereocenters. The Morgan fingerprint density at radius 1 is 1.06 bits per heavy atom. The first-order valence-corrected chi connectivity index (χ1v) is 5.68. The molecule has 88 valence electrons. The van der Waals surface area contributed by atoms with Crippen LogP contribution in [0, 0.1) is 0 Å². The number of pyridine rings is 1. The summed E-state index contributed by atoms with van der Waals surface area (Å²) in [5.41, 5.74) is 6.99. The summed E-state index contributed by atoms with van der Waals surface area (Å²) < 4.78 is 5.59. The SMILES string of the molecule is NC(COc1ccccc1)Cc1ccccn1. The molecule has 1 heterocycles. The highest BCUT2D eigenvalue weighted by molar-refractivity contribution is 5.21. The second-order valence-corrected chi connectivity index (χ2v) is 3.91. The lowest BCUT2D eigenvalue weighted by atomic mass is 10.1. The lowest BCUT2D eigenvalue weighted by Crippen LogP contribution is -2.30. The van der Waals surface area contributed by atoms with Crippen LogP contribution in [0.1, 0.15) is 5.69 Å². The largest absolute Gasteiger partial charge is 0.492 e. The van der Waals surface area contributed by atoms with Gasteiger partial charge < -0.3 is 10.5 Å². The fourth-order valence-electron chi connectivity index (χ4n) is 1.57. The second kappa shape index (κ2) is 6.01. The standard InChI is InChI=1S/C14H16N2O/c15-12(10-13-6-4-5-9-16-13)11-17-14-7-2-1-3-8-14/h1-9,12H,10-11,15H2. The van der Waals surface area contributed by atoms with Gasteiger partial charge in [-0.1, -0.05) is 24.3 Å².